The topological polar surface area (TPSA) is 133 Å². The van der Waals surface area contributed by atoms with Gasteiger partial charge < -0.3 is 15.3 Å². The molecule has 1 atom stereocenters. The predicted molar refractivity (Wildman–Crippen MR) is 116 cm³/mol. The summed E-state index contributed by atoms with van der Waals surface area (Å²) in [6, 6.07) is 1.73. The Balaban J connectivity index is 1.76. The number of aromatic nitrogens is 3. The van der Waals surface area contributed by atoms with Gasteiger partial charge in [-0.2, -0.15) is 14.9 Å². The monoisotopic (exact) mass is 438 g/mol. The molecule has 3 heterocycles. The standard InChI is InChI=1S/C22H26N6O4/c1-13(2)12-27-20-14(5-8-17(29)26-9-3-4-16(26)10-23)11-24-28(20)22(32)18(21(27)31)19(30)25-15-6-7-15/h5,8,11,13,15-16,32H,3-4,6-7,9,12H2,1-2H3,(H,25,30)/b8-5+/t16-/m1/s1. The van der Waals surface area contributed by atoms with Gasteiger partial charge in [-0.05, 0) is 37.7 Å². The minimum absolute atomic E-state index is 0.0282. The van der Waals surface area contributed by atoms with Crippen LogP contribution in [-0.2, 0) is 11.3 Å². The summed E-state index contributed by atoms with van der Waals surface area (Å²) in [7, 11) is 0. The molecule has 10 nitrogen and oxygen atoms in total. The fourth-order valence-corrected chi connectivity index (χ4v) is 3.97. The average Bonchev–Trinajstić information content (AvgIpc) is 3.26. The van der Waals surface area contributed by atoms with E-state index in [1.807, 2.05) is 13.8 Å². The van der Waals surface area contributed by atoms with Gasteiger partial charge in [0.1, 0.15) is 11.7 Å². The largest absolute Gasteiger partial charge is 0.492 e. The van der Waals surface area contributed by atoms with Crippen LogP contribution in [0.4, 0.5) is 0 Å². The molecule has 168 valence electrons. The molecule has 0 unspecified atom stereocenters. The number of aromatic hydroxyl groups is 1. The minimum atomic E-state index is -0.617. The number of nitrogens with one attached hydrogen (secondary N) is 1. The van der Waals surface area contributed by atoms with Crippen molar-refractivity contribution >= 4 is 23.5 Å². The lowest BCUT2D eigenvalue weighted by Crippen LogP contribution is -2.36. The molecule has 2 amide bonds. The molecule has 0 bridgehead atoms. The number of fused-ring (bicyclic) bond motifs is 1. The molecule has 10 heteroatoms. The maximum Gasteiger partial charge on any atom is 0.270 e. The van der Waals surface area contributed by atoms with Gasteiger partial charge >= 0.3 is 0 Å². The van der Waals surface area contributed by atoms with Gasteiger partial charge in [0.2, 0.25) is 11.8 Å². The Morgan fingerprint density at radius 2 is 2.12 bits per heavy atom. The first-order chi connectivity index (χ1) is 15.3. The molecule has 1 saturated heterocycles. The molecule has 0 radical (unpaired) electrons. The molecule has 2 aromatic rings. The van der Waals surface area contributed by atoms with Crippen LogP contribution in [0.2, 0.25) is 0 Å². The Labute approximate surface area is 184 Å². The first kappa shape index (κ1) is 21.6. The maximum atomic E-state index is 13.2. The summed E-state index contributed by atoms with van der Waals surface area (Å²) >= 11 is 0. The van der Waals surface area contributed by atoms with Crippen LogP contribution < -0.4 is 10.9 Å². The quantitative estimate of drug-likeness (QED) is 0.653. The normalized spacial score (nSPS) is 18.6. The van der Waals surface area contributed by atoms with Crippen molar-refractivity contribution in [3.05, 3.63) is 33.8 Å². The van der Waals surface area contributed by atoms with E-state index in [0.29, 0.717) is 30.7 Å². The van der Waals surface area contributed by atoms with Crippen LogP contribution in [0, 0.1) is 17.2 Å². The molecule has 4 rings (SSSR count). The third-order valence-electron chi connectivity index (χ3n) is 5.69. The van der Waals surface area contributed by atoms with Gasteiger partial charge in [-0.3, -0.25) is 19.0 Å². The van der Waals surface area contributed by atoms with Crippen LogP contribution in [0.15, 0.2) is 17.1 Å². The van der Waals surface area contributed by atoms with E-state index in [1.165, 1.54) is 27.8 Å². The van der Waals surface area contributed by atoms with Crippen molar-refractivity contribution in [3.63, 3.8) is 0 Å². The highest BCUT2D eigenvalue weighted by molar-refractivity contribution is 5.97. The number of hydrogen-bond acceptors (Lipinski definition) is 6. The fourth-order valence-electron chi connectivity index (χ4n) is 3.97. The molecule has 0 spiro atoms. The molecule has 2 aromatic heterocycles. The first-order valence-corrected chi connectivity index (χ1v) is 10.8. The average molecular weight is 438 g/mol. The van der Waals surface area contributed by atoms with Gasteiger partial charge in [-0.1, -0.05) is 13.8 Å². The lowest BCUT2D eigenvalue weighted by molar-refractivity contribution is -0.125. The molecule has 0 aromatic carbocycles. The second kappa shape index (κ2) is 8.49. The van der Waals surface area contributed by atoms with Gasteiger partial charge in [-0.25, -0.2) is 0 Å². The highest BCUT2D eigenvalue weighted by Crippen LogP contribution is 2.24. The van der Waals surface area contributed by atoms with Gasteiger partial charge in [0.05, 0.1) is 12.3 Å². The van der Waals surface area contributed by atoms with Crippen molar-refractivity contribution in [1.82, 2.24) is 24.4 Å². The van der Waals surface area contributed by atoms with Gasteiger partial charge in [0.15, 0.2) is 5.56 Å². The summed E-state index contributed by atoms with van der Waals surface area (Å²) < 4.78 is 2.57. The van der Waals surface area contributed by atoms with E-state index in [2.05, 4.69) is 16.5 Å². The van der Waals surface area contributed by atoms with Crippen molar-refractivity contribution < 1.29 is 14.7 Å². The van der Waals surface area contributed by atoms with Crippen molar-refractivity contribution in [1.29, 1.82) is 5.26 Å². The Morgan fingerprint density at radius 1 is 1.38 bits per heavy atom. The molecular weight excluding hydrogens is 412 g/mol. The molecular formula is C22H26N6O4. The fraction of sp³-hybridized carbons (Fsp3) is 0.500. The van der Waals surface area contributed by atoms with Crippen LogP contribution >= 0.6 is 0 Å². The molecule has 2 aliphatic rings. The number of amides is 2. The van der Waals surface area contributed by atoms with Crippen LogP contribution in [-0.4, -0.2) is 54.6 Å². The number of carbonyl (C=O) groups excluding carboxylic acids is 2. The summed E-state index contributed by atoms with van der Waals surface area (Å²) in [5, 5.41) is 26.8. The molecule has 2 fully saturated rings. The Bertz CT molecular complexity index is 1200. The SMILES string of the molecule is CC(C)Cn1c(=O)c(C(=O)NC2CC2)c(O)n2ncc(/C=C/C(=O)N3CCC[C@@H]3C#N)c12. The van der Waals surface area contributed by atoms with E-state index in [0.717, 1.165) is 23.8 Å². The van der Waals surface area contributed by atoms with E-state index >= 15 is 0 Å². The lowest BCUT2D eigenvalue weighted by Gasteiger charge is -2.17. The van der Waals surface area contributed by atoms with Crippen molar-refractivity contribution in [2.45, 2.75) is 58.2 Å². The summed E-state index contributed by atoms with van der Waals surface area (Å²) in [6.07, 6.45) is 7.44. The predicted octanol–water partition coefficient (Wildman–Crippen LogP) is 1.28. The summed E-state index contributed by atoms with van der Waals surface area (Å²) in [6.45, 7) is 4.69. The van der Waals surface area contributed by atoms with Crippen molar-refractivity contribution in [2.75, 3.05) is 6.54 Å². The Hall–Kier alpha value is -3.61. The van der Waals surface area contributed by atoms with E-state index in [-0.39, 0.29) is 23.4 Å². The van der Waals surface area contributed by atoms with Crippen LogP contribution in [0.3, 0.4) is 0 Å². The molecule has 32 heavy (non-hydrogen) atoms. The number of rotatable bonds is 6. The third kappa shape index (κ3) is 3.98. The molecule has 1 saturated carbocycles. The first-order valence-electron chi connectivity index (χ1n) is 10.8. The highest BCUT2D eigenvalue weighted by Gasteiger charge is 2.30. The Kier molecular flexibility index (Phi) is 5.74. The third-order valence-corrected chi connectivity index (χ3v) is 5.69. The zero-order chi connectivity index (χ0) is 23.0. The number of likely N-dealkylation sites (tertiary alicyclic amines) is 1. The van der Waals surface area contributed by atoms with Gasteiger partial charge in [0.25, 0.3) is 11.5 Å². The maximum absolute atomic E-state index is 13.2. The lowest BCUT2D eigenvalue weighted by atomic mass is 10.2. The zero-order valence-electron chi connectivity index (χ0n) is 18.1. The minimum Gasteiger partial charge on any atom is -0.492 e. The van der Waals surface area contributed by atoms with Gasteiger partial charge in [0, 0.05) is 30.8 Å². The number of nitrogens with zero attached hydrogens (tertiary/aromatic N) is 5. The van der Waals surface area contributed by atoms with E-state index < -0.39 is 23.4 Å². The number of hydrogen-bond donors (Lipinski definition) is 2. The van der Waals surface area contributed by atoms with Crippen LogP contribution in [0.1, 0.15) is 55.5 Å². The zero-order valence-corrected chi connectivity index (χ0v) is 18.1. The van der Waals surface area contributed by atoms with E-state index in [9.17, 15) is 24.8 Å². The molecule has 2 N–H and O–H groups in total. The number of carbonyl (C=O) groups is 2. The smallest absolute Gasteiger partial charge is 0.270 e. The number of nitriles is 1. The molecule has 1 aliphatic carbocycles. The second-order valence-electron chi connectivity index (χ2n) is 8.74. The summed E-state index contributed by atoms with van der Waals surface area (Å²) in [5.74, 6) is -1.36. The van der Waals surface area contributed by atoms with E-state index in [1.54, 1.807) is 0 Å². The second-order valence-corrected chi connectivity index (χ2v) is 8.74. The van der Waals surface area contributed by atoms with Gasteiger partial charge in [-0.15, -0.1) is 0 Å². The van der Waals surface area contributed by atoms with Crippen molar-refractivity contribution in [3.8, 4) is 11.9 Å². The summed E-state index contributed by atoms with van der Waals surface area (Å²) in [5.41, 5.74) is -0.194. The summed E-state index contributed by atoms with van der Waals surface area (Å²) in [4.78, 5) is 40.0. The highest BCUT2D eigenvalue weighted by atomic mass is 16.3. The van der Waals surface area contributed by atoms with Crippen molar-refractivity contribution in [2.24, 2.45) is 5.92 Å². The molecule has 1 aliphatic heterocycles. The Morgan fingerprint density at radius 3 is 2.78 bits per heavy atom. The van der Waals surface area contributed by atoms with Crippen LogP contribution in [0.25, 0.3) is 11.7 Å². The van der Waals surface area contributed by atoms with E-state index in [4.69, 9.17) is 0 Å². The van der Waals surface area contributed by atoms with Crippen LogP contribution in [0.5, 0.6) is 5.88 Å².